The summed E-state index contributed by atoms with van der Waals surface area (Å²) >= 11 is 1.56. The third-order valence-corrected chi connectivity index (χ3v) is 6.84. The van der Waals surface area contributed by atoms with E-state index in [9.17, 15) is 4.79 Å². The summed E-state index contributed by atoms with van der Waals surface area (Å²) in [5.74, 6) is 0. The number of aromatic nitrogens is 1. The Labute approximate surface area is 176 Å². The van der Waals surface area contributed by atoms with Crippen molar-refractivity contribution >= 4 is 23.1 Å². The molecule has 7 heteroatoms. The lowest BCUT2D eigenvalue weighted by Gasteiger charge is -2.41. The highest BCUT2D eigenvalue weighted by atomic mass is 32.1. The predicted molar refractivity (Wildman–Crippen MR) is 117 cm³/mol. The van der Waals surface area contributed by atoms with Crippen molar-refractivity contribution < 1.29 is 9.53 Å². The standard InChI is InChI=1S/C22H30N4O2S/c1-16-3-4-18(15-17(16)2)24-21(27)26-10-5-19(6-11-26)25-12-7-20(8-13-25)28-22-23-9-14-29-22/h3-4,9,14-15,19-20H,5-8,10-13H2,1-2H3,(H,24,27). The Kier molecular flexibility index (Phi) is 6.35. The summed E-state index contributed by atoms with van der Waals surface area (Å²) < 4.78 is 5.97. The minimum atomic E-state index is 0.0160. The first kappa shape index (κ1) is 20.2. The van der Waals surface area contributed by atoms with E-state index in [1.807, 2.05) is 22.4 Å². The number of ether oxygens (including phenoxy) is 1. The maximum Gasteiger partial charge on any atom is 0.321 e. The number of nitrogens with one attached hydrogen (secondary N) is 1. The molecule has 0 unspecified atom stereocenters. The third kappa shape index (κ3) is 5.08. The quantitative estimate of drug-likeness (QED) is 0.810. The Morgan fingerprint density at radius 3 is 2.52 bits per heavy atom. The van der Waals surface area contributed by atoms with Crippen molar-refractivity contribution in [2.45, 2.75) is 51.7 Å². The van der Waals surface area contributed by atoms with E-state index in [1.54, 1.807) is 17.5 Å². The third-order valence-electron chi connectivity index (χ3n) is 6.18. The summed E-state index contributed by atoms with van der Waals surface area (Å²) in [5, 5.41) is 5.79. The van der Waals surface area contributed by atoms with E-state index in [4.69, 9.17) is 4.74 Å². The van der Waals surface area contributed by atoms with Gasteiger partial charge in [0.1, 0.15) is 6.10 Å². The molecule has 0 bridgehead atoms. The first-order valence-electron chi connectivity index (χ1n) is 10.5. The summed E-state index contributed by atoms with van der Waals surface area (Å²) in [6.07, 6.45) is 6.25. The van der Waals surface area contributed by atoms with Crippen molar-refractivity contribution in [2.75, 3.05) is 31.5 Å². The Balaban J connectivity index is 1.21. The number of amides is 2. The first-order valence-corrected chi connectivity index (χ1v) is 11.4. The largest absolute Gasteiger partial charge is 0.467 e. The lowest BCUT2D eigenvalue weighted by molar-refractivity contribution is 0.0544. The topological polar surface area (TPSA) is 57.7 Å². The summed E-state index contributed by atoms with van der Waals surface area (Å²) in [5.41, 5.74) is 3.32. The van der Waals surface area contributed by atoms with Gasteiger partial charge in [0, 0.05) is 49.5 Å². The molecule has 2 aliphatic rings. The van der Waals surface area contributed by atoms with Crippen molar-refractivity contribution in [1.29, 1.82) is 0 Å². The number of anilines is 1. The maximum atomic E-state index is 12.6. The van der Waals surface area contributed by atoms with Gasteiger partial charge in [0.05, 0.1) is 0 Å². The van der Waals surface area contributed by atoms with Gasteiger partial charge in [-0.05, 0) is 62.8 Å². The molecule has 0 radical (unpaired) electrons. The molecule has 3 heterocycles. The maximum absolute atomic E-state index is 12.6. The Bertz CT molecular complexity index is 810. The monoisotopic (exact) mass is 414 g/mol. The molecule has 1 aromatic carbocycles. The van der Waals surface area contributed by atoms with Gasteiger partial charge in [0.15, 0.2) is 0 Å². The van der Waals surface area contributed by atoms with Crippen molar-refractivity contribution in [2.24, 2.45) is 0 Å². The molecule has 2 amide bonds. The number of benzene rings is 1. The van der Waals surface area contributed by atoms with Crippen LogP contribution in [0, 0.1) is 13.8 Å². The van der Waals surface area contributed by atoms with Gasteiger partial charge in [-0.25, -0.2) is 9.78 Å². The molecule has 4 rings (SSSR count). The highest BCUT2D eigenvalue weighted by Gasteiger charge is 2.30. The van der Waals surface area contributed by atoms with Crippen molar-refractivity contribution in [3.63, 3.8) is 0 Å². The van der Waals surface area contributed by atoms with Crippen LogP contribution in [0.5, 0.6) is 5.19 Å². The lowest BCUT2D eigenvalue weighted by Crippen LogP contribution is -2.50. The van der Waals surface area contributed by atoms with Gasteiger partial charge >= 0.3 is 6.03 Å². The summed E-state index contributed by atoms with van der Waals surface area (Å²) in [6, 6.07) is 6.66. The summed E-state index contributed by atoms with van der Waals surface area (Å²) in [7, 11) is 0. The molecule has 0 atom stereocenters. The second-order valence-corrected chi connectivity index (χ2v) is 8.96. The molecule has 6 nitrogen and oxygen atoms in total. The highest BCUT2D eigenvalue weighted by Crippen LogP contribution is 2.25. The van der Waals surface area contributed by atoms with Crippen LogP contribution in [0.4, 0.5) is 10.5 Å². The molecule has 2 saturated heterocycles. The zero-order valence-corrected chi connectivity index (χ0v) is 18.1. The number of rotatable bonds is 4. The van der Waals surface area contributed by atoms with Gasteiger partial charge in [-0.15, -0.1) is 0 Å². The fraction of sp³-hybridized carbons (Fsp3) is 0.545. The number of urea groups is 1. The lowest BCUT2D eigenvalue weighted by atomic mass is 9.99. The number of thiazole rings is 1. The van der Waals surface area contributed by atoms with Gasteiger partial charge < -0.3 is 15.0 Å². The fourth-order valence-corrected chi connectivity index (χ4v) is 4.78. The Hall–Kier alpha value is -2.12. The molecule has 0 aliphatic carbocycles. The number of aryl methyl sites for hydroxylation is 2. The molecule has 2 fully saturated rings. The first-order chi connectivity index (χ1) is 14.1. The minimum Gasteiger partial charge on any atom is -0.467 e. The van der Waals surface area contributed by atoms with E-state index in [1.165, 1.54) is 11.1 Å². The van der Waals surface area contributed by atoms with Gasteiger partial charge in [-0.1, -0.05) is 17.4 Å². The van der Waals surface area contributed by atoms with Gasteiger partial charge in [-0.2, -0.15) is 0 Å². The molecule has 1 aromatic heterocycles. The van der Waals surface area contributed by atoms with Crippen LogP contribution in [0.15, 0.2) is 29.8 Å². The van der Waals surface area contributed by atoms with E-state index < -0.39 is 0 Å². The van der Waals surface area contributed by atoms with E-state index in [0.717, 1.165) is 62.7 Å². The SMILES string of the molecule is Cc1ccc(NC(=O)N2CCC(N3CCC(Oc4nccs4)CC3)CC2)cc1C. The second kappa shape index (κ2) is 9.13. The molecule has 29 heavy (non-hydrogen) atoms. The second-order valence-electron chi connectivity index (χ2n) is 8.10. The number of carbonyl (C=O) groups is 1. The van der Waals surface area contributed by atoms with Crippen LogP contribution in [0.2, 0.25) is 0 Å². The minimum absolute atomic E-state index is 0.0160. The van der Waals surface area contributed by atoms with Crippen molar-refractivity contribution in [3.05, 3.63) is 40.9 Å². The van der Waals surface area contributed by atoms with Crippen molar-refractivity contribution in [1.82, 2.24) is 14.8 Å². The Morgan fingerprint density at radius 2 is 1.86 bits per heavy atom. The number of piperidine rings is 2. The Morgan fingerprint density at radius 1 is 1.10 bits per heavy atom. The number of hydrogen-bond acceptors (Lipinski definition) is 5. The fourth-order valence-electron chi connectivity index (χ4n) is 4.23. The number of nitrogens with zero attached hydrogens (tertiary/aromatic N) is 3. The van der Waals surface area contributed by atoms with Crippen molar-refractivity contribution in [3.8, 4) is 5.19 Å². The van der Waals surface area contributed by atoms with E-state index in [0.29, 0.717) is 6.04 Å². The molecular formula is C22H30N4O2S. The molecule has 156 valence electrons. The van der Waals surface area contributed by atoms with E-state index >= 15 is 0 Å². The van der Waals surface area contributed by atoms with E-state index in [2.05, 4.69) is 35.1 Å². The normalized spacial score (nSPS) is 19.3. The van der Waals surface area contributed by atoms with Crippen LogP contribution < -0.4 is 10.1 Å². The summed E-state index contributed by atoms with van der Waals surface area (Å²) in [6.45, 7) is 7.92. The average molecular weight is 415 g/mol. The van der Waals surface area contributed by atoms with Crippen LogP contribution in [-0.2, 0) is 0 Å². The molecule has 2 aliphatic heterocycles. The average Bonchev–Trinajstić information content (AvgIpc) is 3.24. The molecular weight excluding hydrogens is 384 g/mol. The van der Waals surface area contributed by atoms with Crippen LogP contribution in [0.3, 0.4) is 0 Å². The zero-order valence-electron chi connectivity index (χ0n) is 17.3. The summed E-state index contributed by atoms with van der Waals surface area (Å²) in [4.78, 5) is 21.4. The predicted octanol–water partition coefficient (Wildman–Crippen LogP) is 4.30. The molecule has 2 aromatic rings. The van der Waals surface area contributed by atoms with Crippen LogP contribution >= 0.6 is 11.3 Å². The number of hydrogen-bond donors (Lipinski definition) is 1. The van der Waals surface area contributed by atoms with E-state index in [-0.39, 0.29) is 12.1 Å². The smallest absolute Gasteiger partial charge is 0.321 e. The highest BCUT2D eigenvalue weighted by molar-refractivity contribution is 7.11. The van der Waals surface area contributed by atoms with Crippen LogP contribution in [0.1, 0.15) is 36.8 Å². The number of likely N-dealkylation sites (tertiary alicyclic amines) is 2. The zero-order chi connectivity index (χ0) is 20.2. The van der Waals surface area contributed by atoms with Gasteiger partial charge in [0.2, 0.25) is 0 Å². The molecule has 1 N–H and O–H groups in total. The number of carbonyl (C=O) groups excluding carboxylic acids is 1. The molecule has 0 spiro atoms. The van der Waals surface area contributed by atoms with Crippen LogP contribution in [-0.4, -0.2) is 59.1 Å². The molecule has 0 saturated carbocycles. The van der Waals surface area contributed by atoms with Crippen LogP contribution in [0.25, 0.3) is 0 Å². The van der Waals surface area contributed by atoms with Gasteiger partial charge in [-0.3, -0.25) is 4.90 Å². The van der Waals surface area contributed by atoms with Gasteiger partial charge in [0.25, 0.3) is 5.19 Å².